The monoisotopic (exact) mass is 428 g/mol. The van der Waals surface area contributed by atoms with E-state index in [1.807, 2.05) is 42.5 Å². The van der Waals surface area contributed by atoms with Crippen LogP contribution in [0.5, 0.6) is 0 Å². The van der Waals surface area contributed by atoms with Crippen molar-refractivity contribution in [1.29, 1.82) is 0 Å². The molecule has 1 amide bonds. The molecule has 1 aliphatic heterocycles. The lowest BCUT2D eigenvalue weighted by molar-refractivity contribution is 0.102. The summed E-state index contributed by atoms with van der Waals surface area (Å²) < 4.78 is 27.3. The van der Waals surface area contributed by atoms with Gasteiger partial charge in [-0.3, -0.25) is 4.79 Å². The Labute approximate surface area is 175 Å². The van der Waals surface area contributed by atoms with Gasteiger partial charge in [0.2, 0.25) is 10.0 Å². The Morgan fingerprint density at radius 2 is 1.62 bits per heavy atom. The lowest BCUT2D eigenvalue weighted by atomic mass is 10.1. The number of nitrogens with one attached hydrogen (secondary N) is 1. The van der Waals surface area contributed by atoms with Crippen LogP contribution in [-0.4, -0.2) is 31.7 Å². The average Bonchev–Trinajstić information content (AvgIpc) is 2.74. The van der Waals surface area contributed by atoms with Crippen LogP contribution in [0.2, 0.25) is 5.02 Å². The van der Waals surface area contributed by atoms with Crippen molar-refractivity contribution in [3.63, 3.8) is 0 Å². The van der Waals surface area contributed by atoms with E-state index in [1.165, 1.54) is 22.5 Å². The van der Waals surface area contributed by atoms with Crippen LogP contribution in [0.1, 0.15) is 29.6 Å². The van der Waals surface area contributed by atoms with Crippen LogP contribution in [-0.2, 0) is 10.0 Å². The maximum atomic E-state index is 12.9. The molecule has 0 spiro atoms. The van der Waals surface area contributed by atoms with Gasteiger partial charge in [0.25, 0.3) is 5.91 Å². The van der Waals surface area contributed by atoms with Gasteiger partial charge in [0.1, 0.15) is 0 Å². The van der Waals surface area contributed by atoms with E-state index in [1.54, 1.807) is 0 Å². The first-order valence-corrected chi connectivity index (χ1v) is 11.4. The van der Waals surface area contributed by atoms with Crippen LogP contribution >= 0.6 is 11.6 Å². The van der Waals surface area contributed by atoms with Crippen LogP contribution in [0.15, 0.2) is 65.6 Å². The molecule has 3 aromatic rings. The highest BCUT2D eigenvalue weighted by Gasteiger charge is 2.27. The Balaban J connectivity index is 1.61. The Hall–Kier alpha value is -2.41. The summed E-state index contributed by atoms with van der Waals surface area (Å²) in [5.74, 6) is -0.444. The van der Waals surface area contributed by atoms with E-state index in [-0.39, 0.29) is 15.5 Å². The highest BCUT2D eigenvalue weighted by atomic mass is 35.5. The normalized spacial score (nSPS) is 15.3. The SMILES string of the molecule is O=C(Nc1ccc2ccccc2c1)c1cc(S(=O)(=O)N2CCCCC2)ccc1Cl. The number of carbonyl (C=O) groups is 1. The van der Waals surface area contributed by atoms with Gasteiger partial charge in [-0.15, -0.1) is 0 Å². The molecule has 1 aliphatic rings. The van der Waals surface area contributed by atoms with Crippen LogP contribution in [0.3, 0.4) is 0 Å². The van der Waals surface area contributed by atoms with Crippen LogP contribution in [0, 0.1) is 0 Å². The minimum atomic E-state index is -3.64. The third-order valence-corrected chi connectivity index (χ3v) is 7.37. The number of halogens is 1. The van der Waals surface area contributed by atoms with Crippen molar-refractivity contribution in [3.8, 4) is 0 Å². The fraction of sp³-hybridized carbons (Fsp3) is 0.227. The van der Waals surface area contributed by atoms with Gasteiger partial charge in [0.05, 0.1) is 15.5 Å². The topological polar surface area (TPSA) is 66.5 Å². The number of carbonyl (C=O) groups excluding carboxylic acids is 1. The number of fused-ring (bicyclic) bond motifs is 1. The maximum absolute atomic E-state index is 12.9. The smallest absolute Gasteiger partial charge is 0.257 e. The van der Waals surface area contributed by atoms with Crippen LogP contribution in [0.4, 0.5) is 5.69 Å². The van der Waals surface area contributed by atoms with E-state index in [4.69, 9.17) is 11.6 Å². The number of nitrogens with zero attached hydrogens (tertiary/aromatic N) is 1. The Kier molecular flexibility index (Phi) is 5.58. The Morgan fingerprint density at radius 1 is 0.897 bits per heavy atom. The van der Waals surface area contributed by atoms with Crippen molar-refractivity contribution < 1.29 is 13.2 Å². The number of benzene rings is 3. The van der Waals surface area contributed by atoms with E-state index >= 15 is 0 Å². The van der Waals surface area contributed by atoms with Crippen molar-refractivity contribution in [2.24, 2.45) is 0 Å². The van der Waals surface area contributed by atoms with Gasteiger partial charge >= 0.3 is 0 Å². The van der Waals surface area contributed by atoms with E-state index in [0.29, 0.717) is 18.8 Å². The third kappa shape index (κ3) is 4.15. The highest BCUT2D eigenvalue weighted by molar-refractivity contribution is 7.89. The zero-order valence-electron chi connectivity index (χ0n) is 15.8. The first-order valence-electron chi connectivity index (χ1n) is 9.55. The lowest BCUT2D eigenvalue weighted by Gasteiger charge is -2.26. The zero-order valence-corrected chi connectivity index (χ0v) is 17.3. The second kappa shape index (κ2) is 8.14. The van der Waals surface area contributed by atoms with Crippen molar-refractivity contribution in [2.45, 2.75) is 24.2 Å². The minimum absolute atomic E-state index is 0.0902. The number of hydrogen-bond donors (Lipinski definition) is 1. The molecule has 1 fully saturated rings. The molecule has 150 valence electrons. The van der Waals surface area contributed by atoms with E-state index < -0.39 is 15.9 Å². The molecule has 0 atom stereocenters. The summed E-state index contributed by atoms with van der Waals surface area (Å²) in [7, 11) is -3.64. The molecule has 1 saturated heterocycles. The van der Waals surface area contributed by atoms with Gasteiger partial charge in [-0.25, -0.2) is 8.42 Å². The summed E-state index contributed by atoms with van der Waals surface area (Å²) in [5.41, 5.74) is 0.756. The largest absolute Gasteiger partial charge is 0.322 e. The number of rotatable bonds is 4. The molecule has 0 bridgehead atoms. The second-order valence-corrected chi connectivity index (χ2v) is 9.47. The molecule has 1 N–H and O–H groups in total. The number of hydrogen-bond acceptors (Lipinski definition) is 3. The number of amides is 1. The van der Waals surface area contributed by atoms with Gasteiger partial charge in [-0.2, -0.15) is 4.31 Å². The van der Waals surface area contributed by atoms with Gasteiger partial charge in [0.15, 0.2) is 0 Å². The van der Waals surface area contributed by atoms with Crippen molar-refractivity contribution in [2.75, 3.05) is 18.4 Å². The molecule has 0 unspecified atom stereocenters. The van der Waals surface area contributed by atoms with E-state index in [0.717, 1.165) is 30.0 Å². The number of sulfonamides is 1. The predicted molar refractivity (Wildman–Crippen MR) is 116 cm³/mol. The summed E-state index contributed by atoms with van der Waals surface area (Å²) >= 11 is 6.22. The van der Waals surface area contributed by atoms with Gasteiger partial charge in [-0.1, -0.05) is 48.4 Å². The van der Waals surface area contributed by atoms with Crippen molar-refractivity contribution in [1.82, 2.24) is 4.31 Å². The molecule has 3 aromatic carbocycles. The summed E-state index contributed by atoms with van der Waals surface area (Å²) in [4.78, 5) is 12.9. The molecule has 5 nitrogen and oxygen atoms in total. The number of piperidine rings is 1. The summed E-state index contributed by atoms with van der Waals surface area (Å²) in [6.07, 6.45) is 2.73. The van der Waals surface area contributed by atoms with Gasteiger partial charge < -0.3 is 5.32 Å². The summed E-state index contributed by atoms with van der Waals surface area (Å²) in [5, 5.41) is 5.09. The summed E-state index contributed by atoms with van der Waals surface area (Å²) in [6.45, 7) is 1.01. The van der Waals surface area contributed by atoms with Crippen LogP contribution < -0.4 is 5.32 Å². The summed E-state index contributed by atoms with van der Waals surface area (Å²) in [6, 6.07) is 17.7. The molecule has 4 rings (SSSR count). The minimum Gasteiger partial charge on any atom is -0.322 e. The molecule has 0 aliphatic carbocycles. The average molecular weight is 429 g/mol. The predicted octanol–water partition coefficient (Wildman–Crippen LogP) is 4.92. The Morgan fingerprint density at radius 3 is 2.38 bits per heavy atom. The molecule has 1 heterocycles. The quantitative estimate of drug-likeness (QED) is 0.641. The first-order chi connectivity index (χ1) is 13.9. The standard InChI is InChI=1S/C22H21ClN2O3S/c23-21-11-10-19(29(27,28)25-12-4-1-5-13-25)15-20(21)22(26)24-18-9-8-16-6-2-3-7-17(16)14-18/h2-3,6-11,14-15H,1,4-5,12-13H2,(H,24,26). The number of anilines is 1. The van der Waals surface area contributed by atoms with Gasteiger partial charge in [0, 0.05) is 18.8 Å². The molecule has 0 aromatic heterocycles. The fourth-order valence-corrected chi connectivity index (χ4v) is 5.31. The molecular weight excluding hydrogens is 408 g/mol. The van der Waals surface area contributed by atoms with Crippen molar-refractivity contribution in [3.05, 3.63) is 71.2 Å². The van der Waals surface area contributed by atoms with Crippen LogP contribution in [0.25, 0.3) is 10.8 Å². The second-order valence-electron chi connectivity index (χ2n) is 7.12. The molecule has 7 heteroatoms. The van der Waals surface area contributed by atoms with Gasteiger partial charge in [-0.05, 0) is 53.9 Å². The maximum Gasteiger partial charge on any atom is 0.257 e. The first kappa shape index (κ1) is 19.9. The molecular formula is C22H21ClN2O3S. The third-order valence-electron chi connectivity index (χ3n) is 5.14. The molecule has 0 saturated carbocycles. The van der Waals surface area contributed by atoms with Crippen molar-refractivity contribution >= 4 is 44.0 Å². The van der Waals surface area contributed by atoms with E-state index in [2.05, 4.69) is 5.32 Å². The fourth-order valence-electron chi connectivity index (χ4n) is 3.56. The zero-order chi connectivity index (χ0) is 20.4. The molecule has 0 radical (unpaired) electrons. The molecule has 29 heavy (non-hydrogen) atoms. The lowest BCUT2D eigenvalue weighted by Crippen LogP contribution is -2.35. The van der Waals surface area contributed by atoms with E-state index in [9.17, 15) is 13.2 Å². The Bertz CT molecular complexity index is 1170. The highest BCUT2D eigenvalue weighted by Crippen LogP contribution is 2.26.